The summed E-state index contributed by atoms with van der Waals surface area (Å²) in [4.78, 5) is 72.7. The summed E-state index contributed by atoms with van der Waals surface area (Å²) in [6.45, 7) is 14.1. The first-order chi connectivity index (χ1) is 45.2. The van der Waals surface area contributed by atoms with Crippen molar-refractivity contribution in [2.24, 2.45) is 23.7 Å². The standard InChI is InChI=1S/C75H146O17P2/c1-9-67(7)53-45-37-29-24-26-32-42-50-58-75(80)92-71(62-86-73(78)56-48-40-34-33-38-46-54-68(8)10-2)64-90-94(83,84)88-60-69(76)59-87-93(81,82)89-63-70(91-74(79)57-49-41-31-25-23-28-36-44-52-66(5)6)61-85-72(77)55-47-39-30-22-20-18-16-14-12-11-13-15-17-19-21-27-35-43-51-65(3)4/h65-71,76H,9-64H2,1-8H3,(H,81,82)(H,83,84)/t67?,68?,69-,70-,71-/m1/s1. The third-order valence-corrected chi connectivity index (χ3v) is 19.9. The van der Waals surface area contributed by atoms with E-state index >= 15 is 0 Å². The average molecular weight is 1380 g/mol. The molecular formula is C75H146O17P2. The monoisotopic (exact) mass is 1380 g/mol. The van der Waals surface area contributed by atoms with Crippen LogP contribution in [-0.2, 0) is 65.4 Å². The Morgan fingerprint density at radius 2 is 0.511 bits per heavy atom. The van der Waals surface area contributed by atoms with Crippen LogP contribution >= 0.6 is 15.6 Å². The molecule has 4 unspecified atom stereocenters. The molecule has 0 aliphatic carbocycles. The molecule has 3 N–H and O–H groups in total. The van der Waals surface area contributed by atoms with Gasteiger partial charge >= 0.3 is 39.5 Å². The van der Waals surface area contributed by atoms with Gasteiger partial charge in [-0.05, 0) is 49.4 Å². The highest BCUT2D eigenvalue weighted by Crippen LogP contribution is 2.45. The molecule has 19 heteroatoms. The van der Waals surface area contributed by atoms with Crippen molar-refractivity contribution in [3.8, 4) is 0 Å². The van der Waals surface area contributed by atoms with Crippen molar-refractivity contribution in [2.75, 3.05) is 39.6 Å². The summed E-state index contributed by atoms with van der Waals surface area (Å²) in [5, 5.41) is 10.6. The average Bonchev–Trinajstić information content (AvgIpc) is 1.51. The number of aliphatic hydroxyl groups is 1. The molecule has 94 heavy (non-hydrogen) atoms. The predicted molar refractivity (Wildman–Crippen MR) is 381 cm³/mol. The maximum atomic E-state index is 13.1. The van der Waals surface area contributed by atoms with Crippen molar-refractivity contribution in [1.29, 1.82) is 0 Å². The minimum absolute atomic E-state index is 0.104. The van der Waals surface area contributed by atoms with Gasteiger partial charge in [0, 0.05) is 25.7 Å². The van der Waals surface area contributed by atoms with Crippen LogP contribution in [0.5, 0.6) is 0 Å². The lowest BCUT2D eigenvalue weighted by molar-refractivity contribution is -0.161. The number of unbranched alkanes of at least 4 members (excludes halogenated alkanes) is 36. The Hall–Kier alpha value is -1.94. The van der Waals surface area contributed by atoms with Crippen molar-refractivity contribution >= 4 is 39.5 Å². The molecule has 0 aromatic rings. The van der Waals surface area contributed by atoms with Gasteiger partial charge in [-0.2, -0.15) is 0 Å². The SMILES string of the molecule is CCC(C)CCCCCCCCCCC(=O)O[C@H](COC(=O)CCCCCCCCC(C)CC)COP(=O)(O)OC[C@H](O)COP(=O)(O)OC[C@@H](COC(=O)CCCCCCCCCCCCCCCCCCCCC(C)C)OC(=O)CCCCCCCCCCC(C)C. The Labute approximate surface area is 575 Å². The molecule has 0 aromatic heterocycles. The summed E-state index contributed by atoms with van der Waals surface area (Å²) in [6.07, 6.45) is 48.8. The summed E-state index contributed by atoms with van der Waals surface area (Å²) < 4.78 is 68.4. The number of ether oxygens (including phenoxy) is 4. The number of hydrogen-bond donors (Lipinski definition) is 3. The van der Waals surface area contributed by atoms with Crippen molar-refractivity contribution in [1.82, 2.24) is 0 Å². The van der Waals surface area contributed by atoms with E-state index in [1.165, 1.54) is 173 Å². The maximum absolute atomic E-state index is 13.1. The zero-order chi connectivity index (χ0) is 69.6. The second kappa shape index (κ2) is 64.4. The molecule has 17 nitrogen and oxygen atoms in total. The van der Waals surface area contributed by atoms with E-state index in [1.807, 2.05) is 0 Å². The summed E-state index contributed by atoms with van der Waals surface area (Å²) in [6, 6.07) is 0. The second-order valence-electron chi connectivity index (χ2n) is 28.5. The van der Waals surface area contributed by atoms with Crippen molar-refractivity contribution < 1.29 is 80.2 Å². The topological polar surface area (TPSA) is 237 Å². The van der Waals surface area contributed by atoms with Crippen molar-refractivity contribution in [2.45, 2.75) is 395 Å². The van der Waals surface area contributed by atoms with Gasteiger partial charge in [0.25, 0.3) is 0 Å². The van der Waals surface area contributed by atoms with E-state index in [-0.39, 0.29) is 25.7 Å². The minimum Gasteiger partial charge on any atom is -0.462 e. The first-order valence-corrected chi connectivity index (χ1v) is 41.8. The molecule has 0 heterocycles. The van der Waals surface area contributed by atoms with Crippen LogP contribution in [0.15, 0.2) is 0 Å². The van der Waals surface area contributed by atoms with Crippen molar-refractivity contribution in [3.63, 3.8) is 0 Å². The summed E-state index contributed by atoms with van der Waals surface area (Å²) >= 11 is 0. The van der Waals surface area contributed by atoms with E-state index in [2.05, 4.69) is 55.4 Å². The zero-order valence-electron chi connectivity index (χ0n) is 61.6. The van der Waals surface area contributed by atoms with Gasteiger partial charge in [0.1, 0.15) is 19.3 Å². The molecular weight excluding hydrogens is 1230 g/mol. The molecule has 0 spiro atoms. The molecule has 0 fully saturated rings. The maximum Gasteiger partial charge on any atom is 0.472 e. The molecule has 0 amide bonds. The van der Waals surface area contributed by atoms with Crippen molar-refractivity contribution in [3.05, 3.63) is 0 Å². The highest BCUT2D eigenvalue weighted by atomic mass is 31.2. The normalized spacial score (nSPS) is 14.7. The van der Waals surface area contributed by atoms with E-state index < -0.39 is 97.5 Å². The van der Waals surface area contributed by atoms with E-state index in [9.17, 15) is 43.2 Å². The Bertz CT molecular complexity index is 1850. The third-order valence-electron chi connectivity index (χ3n) is 18.0. The lowest BCUT2D eigenvalue weighted by Crippen LogP contribution is -2.30. The number of phosphoric acid groups is 2. The highest BCUT2D eigenvalue weighted by Gasteiger charge is 2.30. The van der Waals surface area contributed by atoms with Gasteiger partial charge in [-0.1, -0.05) is 325 Å². The Kier molecular flexibility index (Phi) is 63.1. The van der Waals surface area contributed by atoms with E-state index in [4.69, 9.17) is 37.0 Å². The molecule has 0 aliphatic heterocycles. The zero-order valence-corrected chi connectivity index (χ0v) is 63.4. The molecule has 0 aromatic carbocycles. The van der Waals surface area contributed by atoms with Gasteiger partial charge in [0.2, 0.25) is 0 Å². The quantitative estimate of drug-likeness (QED) is 0.0222. The number of aliphatic hydroxyl groups excluding tert-OH is 1. The second-order valence-corrected chi connectivity index (χ2v) is 31.4. The first-order valence-electron chi connectivity index (χ1n) is 38.8. The van der Waals surface area contributed by atoms with Gasteiger partial charge in [-0.25, -0.2) is 9.13 Å². The first kappa shape index (κ1) is 92.1. The van der Waals surface area contributed by atoms with Crippen LogP contribution in [0.25, 0.3) is 0 Å². The fourth-order valence-electron chi connectivity index (χ4n) is 11.3. The molecule has 0 rings (SSSR count). The van der Waals surface area contributed by atoms with Gasteiger partial charge in [-0.3, -0.25) is 37.3 Å². The number of hydrogen-bond acceptors (Lipinski definition) is 15. The lowest BCUT2D eigenvalue weighted by Gasteiger charge is -2.21. The smallest absolute Gasteiger partial charge is 0.462 e. The fourth-order valence-corrected chi connectivity index (χ4v) is 12.9. The predicted octanol–water partition coefficient (Wildman–Crippen LogP) is 21.7. The highest BCUT2D eigenvalue weighted by molar-refractivity contribution is 7.47. The van der Waals surface area contributed by atoms with E-state index in [1.54, 1.807) is 0 Å². The van der Waals surface area contributed by atoms with Gasteiger partial charge in [-0.15, -0.1) is 0 Å². The van der Waals surface area contributed by atoms with Gasteiger partial charge in [0.15, 0.2) is 12.2 Å². The van der Waals surface area contributed by atoms with Crippen LogP contribution < -0.4 is 0 Å². The molecule has 0 aliphatic rings. The summed E-state index contributed by atoms with van der Waals surface area (Å²) in [5.41, 5.74) is 0. The van der Waals surface area contributed by atoms with Crippen LogP contribution in [-0.4, -0.2) is 96.7 Å². The van der Waals surface area contributed by atoms with Crippen LogP contribution in [0, 0.1) is 23.7 Å². The fraction of sp³-hybridized carbons (Fsp3) is 0.947. The molecule has 7 atom stereocenters. The number of carbonyl (C=O) groups excluding carboxylic acids is 4. The van der Waals surface area contributed by atoms with E-state index in [0.29, 0.717) is 25.7 Å². The molecule has 0 saturated heterocycles. The van der Waals surface area contributed by atoms with E-state index in [0.717, 1.165) is 120 Å². The molecule has 0 bridgehead atoms. The minimum atomic E-state index is -4.96. The third kappa shape index (κ3) is 66.0. The largest absolute Gasteiger partial charge is 0.472 e. The van der Waals surface area contributed by atoms with Crippen LogP contribution in [0.4, 0.5) is 0 Å². The lowest BCUT2D eigenvalue weighted by atomic mass is 9.99. The Morgan fingerprint density at radius 1 is 0.298 bits per heavy atom. The number of phosphoric ester groups is 2. The summed E-state index contributed by atoms with van der Waals surface area (Å²) in [5.74, 6) is 0.914. The van der Waals surface area contributed by atoms with Crippen LogP contribution in [0.1, 0.15) is 376 Å². The van der Waals surface area contributed by atoms with Gasteiger partial charge in [0.05, 0.1) is 26.4 Å². The molecule has 0 radical (unpaired) electrons. The van der Waals surface area contributed by atoms with Gasteiger partial charge < -0.3 is 33.8 Å². The number of rotatable bonds is 72. The molecule has 0 saturated carbocycles. The number of carbonyl (C=O) groups is 4. The van der Waals surface area contributed by atoms with Crippen LogP contribution in [0.3, 0.4) is 0 Å². The van der Waals surface area contributed by atoms with Crippen LogP contribution in [0.2, 0.25) is 0 Å². The number of esters is 4. The summed E-state index contributed by atoms with van der Waals surface area (Å²) in [7, 11) is -9.91. The Balaban J connectivity index is 5.17. The molecule has 558 valence electrons. The Morgan fingerprint density at radius 3 is 0.755 bits per heavy atom.